The minimum atomic E-state index is -0.0208. The van der Waals surface area contributed by atoms with Gasteiger partial charge < -0.3 is 10.6 Å². The van der Waals surface area contributed by atoms with Crippen LogP contribution >= 0.6 is 12.6 Å². The summed E-state index contributed by atoms with van der Waals surface area (Å²) in [5.41, 5.74) is 0. The van der Waals surface area contributed by atoms with Crippen LogP contribution in [0.25, 0.3) is 0 Å². The first-order chi connectivity index (χ1) is 4.74. The smallest absolute Gasteiger partial charge is 0.236 e. The van der Waals surface area contributed by atoms with Crippen molar-refractivity contribution in [1.82, 2.24) is 10.6 Å². The maximum atomic E-state index is 11.0. The second-order valence-corrected chi connectivity index (χ2v) is 3.19. The lowest BCUT2D eigenvalue weighted by Crippen LogP contribution is -2.38. The summed E-state index contributed by atoms with van der Waals surface area (Å²) < 4.78 is 0. The molecule has 1 rings (SSSR count). The summed E-state index contributed by atoms with van der Waals surface area (Å²) in [6, 6.07) is -0.0208. The molecule has 0 aromatic carbocycles. The number of likely N-dealkylation sites (N-methyl/N-ethyl adjacent to an activating group) is 1. The lowest BCUT2D eigenvalue weighted by molar-refractivity contribution is -0.122. The number of rotatable bonds is 1. The van der Waals surface area contributed by atoms with Gasteiger partial charge in [-0.25, -0.2) is 0 Å². The molecule has 10 heavy (non-hydrogen) atoms. The summed E-state index contributed by atoms with van der Waals surface area (Å²) in [4.78, 5) is 11.0. The van der Waals surface area contributed by atoms with Crippen LogP contribution < -0.4 is 10.6 Å². The molecule has 58 valence electrons. The molecule has 1 heterocycles. The van der Waals surface area contributed by atoms with Crippen molar-refractivity contribution in [3.8, 4) is 0 Å². The van der Waals surface area contributed by atoms with Crippen molar-refractivity contribution in [2.75, 3.05) is 13.6 Å². The summed E-state index contributed by atoms with van der Waals surface area (Å²) in [5.74, 6) is 0.0663. The van der Waals surface area contributed by atoms with Gasteiger partial charge in [0, 0.05) is 18.8 Å². The molecule has 0 aromatic heterocycles. The van der Waals surface area contributed by atoms with E-state index in [1.807, 2.05) is 0 Å². The fourth-order valence-corrected chi connectivity index (χ4v) is 1.41. The number of nitrogens with one attached hydrogen (secondary N) is 2. The molecule has 2 unspecified atom stereocenters. The number of hydrogen-bond acceptors (Lipinski definition) is 3. The number of hydrogen-bond donors (Lipinski definition) is 3. The maximum absolute atomic E-state index is 11.0. The van der Waals surface area contributed by atoms with Crippen molar-refractivity contribution >= 4 is 18.5 Å². The summed E-state index contributed by atoms with van der Waals surface area (Å²) >= 11 is 4.24. The molecular formula is C6H12N2OS. The van der Waals surface area contributed by atoms with Crippen molar-refractivity contribution in [1.29, 1.82) is 0 Å². The van der Waals surface area contributed by atoms with E-state index in [0.717, 1.165) is 13.0 Å². The van der Waals surface area contributed by atoms with Crippen molar-refractivity contribution < 1.29 is 4.79 Å². The van der Waals surface area contributed by atoms with E-state index in [-0.39, 0.29) is 11.9 Å². The molecule has 3 nitrogen and oxygen atoms in total. The van der Waals surface area contributed by atoms with Gasteiger partial charge in [-0.1, -0.05) is 0 Å². The number of thiol groups is 1. The Labute approximate surface area is 66.0 Å². The van der Waals surface area contributed by atoms with E-state index in [2.05, 4.69) is 23.3 Å². The summed E-state index contributed by atoms with van der Waals surface area (Å²) in [6.45, 7) is 0.835. The molecule has 0 saturated carbocycles. The molecular weight excluding hydrogens is 148 g/mol. The third-order valence-electron chi connectivity index (χ3n) is 1.67. The monoisotopic (exact) mass is 160 g/mol. The fourth-order valence-electron chi connectivity index (χ4n) is 1.09. The van der Waals surface area contributed by atoms with Gasteiger partial charge in [0.2, 0.25) is 5.91 Å². The van der Waals surface area contributed by atoms with Gasteiger partial charge in [0.15, 0.2) is 0 Å². The summed E-state index contributed by atoms with van der Waals surface area (Å²) in [5, 5.41) is 6.00. The predicted molar refractivity (Wildman–Crippen MR) is 43.2 cm³/mol. The Bertz CT molecular complexity index is 140. The van der Waals surface area contributed by atoms with Crippen LogP contribution in [0.15, 0.2) is 0 Å². The zero-order valence-corrected chi connectivity index (χ0v) is 6.82. The van der Waals surface area contributed by atoms with E-state index in [0.29, 0.717) is 5.25 Å². The molecule has 0 spiro atoms. The molecule has 1 aliphatic heterocycles. The topological polar surface area (TPSA) is 41.1 Å². The van der Waals surface area contributed by atoms with Crippen LogP contribution in [0.2, 0.25) is 0 Å². The Hall–Kier alpha value is -0.220. The van der Waals surface area contributed by atoms with Gasteiger partial charge in [0.25, 0.3) is 0 Å². The van der Waals surface area contributed by atoms with Gasteiger partial charge in [0.1, 0.15) is 0 Å². The first-order valence-corrected chi connectivity index (χ1v) is 3.88. The first-order valence-electron chi connectivity index (χ1n) is 3.37. The van der Waals surface area contributed by atoms with Gasteiger partial charge in [-0.15, -0.1) is 0 Å². The molecule has 1 aliphatic rings. The highest BCUT2D eigenvalue weighted by molar-refractivity contribution is 7.81. The Morgan fingerprint density at radius 1 is 1.80 bits per heavy atom. The average molecular weight is 160 g/mol. The van der Waals surface area contributed by atoms with E-state index in [1.165, 1.54) is 0 Å². The molecule has 2 atom stereocenters. The van der Waals surface area contributed by atoms with Crippen molar-refractivity contribution in [2.45, 2.75) is 17.7 Å². The van der Waals surface area contributed by atoms with E-state index in [9.17, 15) is 4.79 Å². The van der Waals surface area contributed by atoms with Gasteiger partial charge in [-0.3, -0.25) is 4.79 Å². The molecule has 0 radical (unpaired) electrons. The highest BCUT2D eigenvalue weighted by Gasteiger charge is 2.25. The summed E-state index contributed by atoms with van der Waals surface area (Å²) in [6.07, 6.45) is 0.836. The summed E-state index contributed by atoms with van der Waals surface area (Å²) in [7, 11) is 1.65. The molecule has 0 bridgehead atoms. The maximum Gasteiger partial charge on any atom is 0.236 e. The van der Waals surface area contributed by atoms with Crippen LogP contribution in [0.4, 0.5) is 0 Å². The van der Waals surface area contributed by atoms with Gasteiger partial charge in [-0.2, -0.15) is 12.6 Å². The van der Waals surface area contributed by atoms with Crippen LogP contribution in [0.1, 0.15) is 6.42 Å². The molecule has 1 amide bonds. The minimum absolute atomic E-state index is 0.0208. The SMILES string of the molecule is CNC(=O)C1CC(S)CN1. The van der Waals surface area contributed by atoms with E-state index < -0.39 is 0 Å². The van der Waals surface area contributed by atoms with Crippen LogP contribution in [-0.4, -0.2) is 30.8 Å². The van der Waals surface area contributed by atoms with Crippen LogP contribution in [0, 0.1) is 0 Å². The highest BCUT2D eigenvalue weighted by atomic mass is 32.1. The van der Waals surface area contributed by atoms with Gasteiger partial charge >= 0.3 is 0 Å². The van der Waals surface area contributed by atoms with E-state index >= 15 is 0 Å². The highest BCUT2D eigenvalue weighted by Crippen LogP contribution is 2.11. The second kappa shape index (κ2) is 3.25. The number of carbonyl (C=O) groups excluding carboxylic acids is 1. The lowest BCUT2D eigenvalue weighted by Gasteiger charge is -2.06. The molecule has 1 fully saturated rings. The lowest BCUT2D eigenvalue weighted by atomic mass is 10.2. The normalized spacial score (nSPS) is 32.2. The predicted octanol–water partition coefficient (Wildman–Crippen LogP) is -0.607. The van der Waals surface area contributed by atoms with E-state index in [1.54, 1.807) is 7.05 Å². The Morgan fingerprint density at radius 3 is 2.90 bits per heavy atom. The Kier molecular flexibility index (Phi) is 2.56. The fraction of sp³-hybridized carbons (Fsp3) is 0.833. The third kappa shape index (κ3) is 1.64. The van der Waals surface area contributed by atoms with Crippen LogP contribution in [-0.2, 0) is 4.79 Å². The minimum Gasteiger partial charge on any atom is -0.358 e. The largest absolute Gasteiger partial charge is 0.358 e. The van der Waals surface area contributed by atoms with Crippen molar-refractivity contribution in [3.63, 3.8) is 0 Å². The Morgan fingerprint density at radius 2 is 2.50 bits per heavy atom. The van der Waals surface area contributed by atoms with Crippen LogP contribution in [0.3, 0.4) is 0 Å². The van der Waals surface area contributed by atoms with Crippen LogP contribution in [0.5, 0.6) is 0 Å². The zero-order valence-electron chi connectivity index (χ0n) is 5.92. The number of amides is 1. The van der Waals surface area contributed by atoms with Gasteiger partial charge in [-0.05, 0) is 6.42 Å². The number of carbonyl (C=O) groups is 1. The first kappa shape index (κ1) is 7.88. The second-order valence-electron chi connectivity index (χ2n) is 2.46. The molecule has 4 heteroatoms. The molecule has 1 saturated heterocycles. The van der Waals surface area contributed by atoms with Crippen molar-refractivity contribution in [3.05, 3.63) is 0 Å². The standard InChI is InChI=1S/C6H12N2OS/c1-7-6(9)5-2-4(10)3-8-5/h4-5,8,10H,2-3H2,1H3,(H,7,9). The average Bonchev–Trinajstić information content (AvgIpc) is 2.34. The third-order valence-corrected chi connectivity index (χ3v) is 2.06. The molecule has 0 aliphatic carbocycles. The molecule has 0 aromatic rings. The molecule has 2 N–H and O–H groups in total. The zero-order chi connectivity index (χ0) is 7.56. The quantitative estimate of drug-likeness (QED) is 0.448. The Balaban J connectivity index is 2.37. The van der Waals surface area contributed by atoms with Crippen molar-refractivity contribution in [2.24, 2.45) is 0 Å². The van der Waals surface area contributed by atoms with Gasteiger partial charge in [0.05, 0.1) is 6.04 Å². The van der Waals surface area contributed by atoms with E-state index in [4.69, 9.17) is 0 Å².